The normalized spacial score (nSPS) is 41.6. The Morgan fingerprint density at radius 1 is 1.31 bits per heavy atom. The molecule has 0 aromatic rings. The molecule has 158 valence electrons. The lowest BCUT2D eigenvalue weighted by Crippen LogP contribution is -2.45. The zero-order chi connectivity index (χ0) is 21.0. The number of fused-ring (bicyclic) bond motifs is 6. The minimum Gasteiger partial charge on any atom is -0.393 e. The Morgan fingerprint density at radius 2 is 2.07 bits per heavy atom. The second-order valence-corrected chi connectivity index (χ2v) is 10.3. The topological polar surface area (TPSA) is 74.6 Å². The molecule has 4 aliphatic rings. The van der Waals surface area contributed by atoms with E-state index >= 15 is 0 Å². The van der Waals surface area contributed by atoms with Gasteiger partial charge in [0, 0.05) is 11.8 Å². The van der Waals surface area contributed by atoms with E-state index in [0.717, 1.165) is 32.1 Å². The molecule has 7 atom stereocenters. The van der Waals surface area contributed by atoms with E-state index in [-0.39, 0.29) is 28.8 Å². The third-order valence-electron chi connectivity index (χ3n) is 8.32. The van der Waals surface area contributed by atoms with E-state index in [4.69, 9.17) is 0 Å². The fourth-order valence-electron chi connectivity index (χ4n) is 6.91. The molecule has 2 bridgehead atoms. The van der Waals surface area contributed by atoms with Crippen LogP contribution in [0.4, 0.5) is 0 Å². The molecule has 4 nitrogen and oxygen atoms in total. The van der Waals surface area contributed by atoms with Crippen LogP contribution in [0.25, 0.3) is 0 Å². The summed E-state index contributed by atoms with van der Waals surface area (Å²) in [5.74, 6) is 0.687. The van der Waals surface area contributed by atoms with Gasteiger partial charge in [-0.1, -0.05) is 24.1 Å². The third kappa shape index (κ3) is 3.59. The first-order valence-electron chi connectivity index (χ1n) is 11.2. The van der Waals surface area contributed by atoms with Crippen LogP contribution in [0.1, 0.15) is 65.7 Å². The third-order valence-corrected chi connectivity index (χ3v) is 8.32. The van der Waals surface area contributed by atoms with Gasteiger partial charge in [0.15, 0.2) is 11.6 Å². The predicted molar refractivity (Wildman–Crippen MR) is 112 cm³/mol. The molecule has 2 fully saturated rings. The Hall–Kier alpha value is -1.52. The number of hydrogen-bond donors (Lipinski definition) is 2. The largest absolute Gasteiger partial charge is 0.393 e. The summed E-state index contributed by atoms with van der Waals surface area (Å²) in [5.41, 5.74) is 1.50. The molecule has 0 radical (unpaired) electrons. The van der Waals surface area contributed by atoms with Crippen molar-refractivity contribution >= 4 is 11.6 Å². The maximum Gasteiger partial charge on any atom is 0.159 e. The standard InChI is InChI=1S/C25H34O4/c1-15(26)8-11-25(3,29)23-7-6-21-20-14-22(28)17-12-16(4-5-18(27)13-17)19(20)9-10-24(21,23)2/h4,8,11,14,17-19,21,23,27,29H,5-7,9-10,12-13H2,1-3H3/b11-8+/t17-,18-,19+,21-,23?,24-,25-/m0/s1. The van der Waals surface area contributed by atoms with Crippen LogP contribution in [-0.2, 0) is 9.59 Å². The number of carbonyl (C=O) groups is 2. The molecule has 0 heterocycles. The molecule has 4 heteroatoms. The molecule has 0 spiro atoms. The molecule has 2 saturated carbocycles. The van der Waals surface area contributed by atoms with Crippen LogP contribution >= 0.6 is 0 Å². The van der Waals surface area contributed by atoms with E-state index in [2.05, 4.69) is 13.0 Å². The van der Waals surface area contributed by atoms with Gasteiger partial charge in [0.05, 0.1) is 11.7 Å². The maximum absolute atomic E-state index is 13.0. The van der Waals surface area contributed by atoms with Crippen LogP contribution in [0.5, 0.6) is 0 Å². The van der Waals surface area contributed by atoms with Gasteiger partial charge in [-0.25, -0.2) is 0 Å². The number of allylic oxidation sites excluding steroid dienone is 4. The number of aliphatic hydroxyl groups excluding tert-OH is 1. The molecule has 0 aliphatic heterocycles. The van der Waals surface area contributed by atoms with Crippen molar-refractivity contribution in [3.63, 3.8) is 0 Å². The van der Waals surface area contributed by atoms with Gasteiger partial charge in [-0.3, -0.25) is 9.59 Å². The fourth-order valence-corrected chi connectivity index (χ4v) is 6.91. The van der Waals surface area contributed by atoms with E-state index in [0.29, 0.717) is 24.7 Å². The maximum atomic E-state index is 13.0. The summed E-state index contributed by atoms with van der Waals surface area (Å²) in [5, 5.41) is 21.4. The molecule has 0 aromatic heterocycles. The second kappa shape index (κ2) is 7.31. The Kier molecular flexibility index (Phi) is 5.23. The van der Waals surface area contributed by atoms with E-state index in [1.807, 2.05) is 13.0 Å². The Labute approximate surface area is 173 Å². The summed E-state index contributed by atoms with van der Waals surface area (Å²) in [7, 11) is 0. The molecule has 0 saturated heterocycles. The summed E-state index contributed by atoms with van der Waals surface area (Å²) in [6.07, 6.45) is 12.7. The summed E-state index contributed by atoms with van der Waals surface area (Å²) in [6, 6.07) is 0. The zero-order valence-electron chi connectivity index (χ0n) is 17.9. The molecule has 0 amide bonds. The lowest BCUT2D eigenvalue weighted by atomic mass is 9.57. The molecular weight excluding hydrogens is 364 g/mol. The molecule has 29 heavy (non-hydrogen) atoms. The molecule has 4 rings (SSSR count). The molecular formula is C25H34O4. The van der Waals surface area contributed by atoms with Gasteiger partial charge >= 0.3 is 0 Å². The van der Waals surface area contributed by atoms with E-state index in [9.17, 15) is 19.8 Å². The fraction of sp³-hybridized carbons (Fsp3) is 0.680. The van der Waals surface area contributed by atoms with Gasteiger partial charge in [0.1, 0.15) is 0 Å². The number of ketones is 2. The van der Waals surface area contributed by atoms with Gasteiger partial charge in [-0.2, -0.15) is 0 Å². The average molecular weight is 399 g/mol. The average Bonchev–Trinajstić information content (AvgIpc) is 2.81. The minimum atomic E-state index is -1.03. The van der Waals surface area contributed by atoms with Crippen molar-refractivity contribution in [1.82, 2.24) is 0 Å². The van der Waals surface area contributed by atoms with Crippen LogP contribution in [0, 0.1) is 29.1 Å². The van der Waals surface area contributed by atoms with Crippen molar-refractivity contribution in [2.75, 3.05) is 0 Å². The van der Waals surface area contributed by atoms with E-state index < -0.39 is 11.7 Å². The van der Waals surface area contributed by atoms with Crippen molar-refractivity contribution in [2.24, 2.45) is 29.1 Å². The molecule has 4 aliphatic carbocycles. The molecule has 0 aromatic carbocycles. The second-order valence-electron chi connectivity index (χ2n) is 10.3. The van der Waals surface area contributed by atoms with Gasteiger partial charge in [-0.05, 0) is 94.3 Å². The highest BCUT2D eigenvalue weighted by molar-refractivity contribution is 5.93. The summed E-state index contributed by atoms with van der Waals surface area (Å²) >= 11 is 0. The highest BCUT2D eigenvalue weighted by Gasteiger charge is 2.57. The first-order valence-corrected chi connectivity index (χ1v) is 11.2. The highest BCUT2D eigenvalue weighted by atomic mass is 16.3. The lowest BCUT2D eigenvalue weighted by Gasteiger charge is -2.49. The molecule has 1 unspecified atom stereocenters. The Balaban J connectivity index is 1.68. The zero-order valence-corrected chi connectivity index (χ0v) is 17.9. The van der Waals surface area contributed by atoms with Crippen molar-refractivity contribution < 1.29 is 19.8 Å². The van der Waals surface area contributed by atoms with Gasteiger partial charge in [0.25, 0.3) is 0 Å². The first-order chi connectivity index (χ1) is 13.6. The smallest absolute Gasteiger partial charge is 0.159 e. The van der Waals surface area contributed by atoms with Crippen LogP contribution in [0.15, 0.2) is 35.5 Å². The van der Waals surface area contributed by atoms with Crippen LogP contribution in [0.3, 0.4) is 0 Å². The number of rotatable bonds is 3. The summed E-state index contributed by atoms with van der Waals surface area (Å²) < 4.78 is 0. The van der Waals surface area contributed by atoms with Crippen molar-refractivity contribution in [3.05, 3.63) is 35.5 Å². The SMILES string of the molecule is CC(=O)/C=C/[C@](C)(O)C1CC[C@H]2C3=CC(=O)[C@H]4CC(=CC[C@H](O)C4)[C@H]3CC[C@]12C. The van der Waals surface area contributed by atoms with Gasteiger partial charge in [0.2, 0.25) is 0 Å². The number of carbonyl (C=O) groups excluding carboxylic acids is 2. The summed E-state index contributed by atoms with van der Waals surface area (Å²) in [6.45, 7) is 5.60. The van der Waals surface area contributed by atoms with Crippen LogP contribution in [-0.4, -0.2) is 33.5 Å². The van der Waals surface area contributed by atoms with E-state index in [1.165, 1.54) is 24.1 Å². The van der Waals surface area contributed by atoms with Crippen LogP contribution in [0.2, 0.25) is 0 Å². The van der Waals surface area contributed by atoms with Gasteiger partial charge in [-0.15, -0.1) is 0 Å². The predicted octanol–water partition coefficient (Wildman–Crippen LogP) is 3.92. The number of hydrogen-bond acceptors (Lipinski definition) is 4. The number of aliphatic hydroxyl groups is 2. The van der Waals surface area contributed by atoms with Crippen molar-refractivity contribution in [3.8, 4) is 0 Å². The minimum absolute atomic E-state index is 0.0526. The Morgan fingerprint density at radius 3 is 2.79 bits per heavy atom. The monoisotopic (exact) mass is 398 g/mol. The highest BCUT2D eigenvalue weighted by Crippen LogP contribution is 2.63. The molecule has 2 N–H and O–H groups in total. The van der Waals surface area contributed by atoms with E-state index in [1.54, 1.807) is 6.08 Å². The van der Waals surface area contributed by atoms with Gasteiger partial charge < -0.3 is 10.2 Å². The van der Waals surface area contributed by atoms with Crippen molar-refractivity contribution in [1.29, 1.82) is 0 Å². The Bertz CT molecular complexity index is 802. The quantitative estimate of drug-likeness (QED) is 0.558. The van der Waals surface area contributed by atoms with Crippen LogP contribution < -0.4 is 0 Å². The first kappa shape index (κ1) is 20.7. The summed E-state index contributed by atoms with van der Waals surface area (Å²) in [4.78, 5) is 24.4. The lowest BCUT2D eigenvalue weighted by molar-refractivity contribution is -0.119. The van der Waals surface area contributed by atoms with Crippen molar-refractivity contribution in [2.45, 2.75) is 77.4 Å².